The van der Waals surface area contributed by atoms with E-state index in [1.165, 1.54) is 12.1 Å². The van der Waals surface area contributed by atoms with Gasteiger partial charge in [-0.15, -0.1) is 0 Å². The van der Waals surface area contributed by atoms with Crippen LogP contribution in [0.5, 0.6) is 5.75 Å². The fraction of sp³-hybridized carbons (Fsp3) is 0.188. The lowest BCUT2D eigenvalue weighted by Crippen LogP contribution is -2.00. The van der Waals surface area contributed by atoms with Crippen LogP contribution in [0.15, 0.2) is 48.7 Å². The Morgan fingerprint density at radius 1 is 1.23 bits per heavy atom. The molecule has 0 unspecified atom stereocenters. The van der Waals surface area contributed by atoms with Crippen molar-refractivity contribution in [3.63, 3.8) is 0 Å². The SMILES string of the molecule is O=C(O)c1ccn2nc(CCCOc3ccccc3)nc2c1. The van der Waals surface area contributed by atoms with Crippen LogP contribution in [0.1, 0.15) is 22.6 Å². The first-order chi connectivity index (χ1) is 10.7. The van der Waals surface area contributed by atoms with Crippen molar-refractivity contribution in [3.05, 3.63) is 60.0 Å². The van der Waals surface area contributed by atoms with Gasteiger partial charge in [0, 0.05) is 12.6 Å². The molecule has 1 N–H and O–H groups in total. The van der Waals surface area contributed by atoms with Crippen LogP contribution in [-0.4, -0.2) is 32.3 Å². The van der Waals surface area contributed by atoms with E-state index < -0.39 is 5.97 Å². The van der Waals surface area contributed by atoms with Crippen LogP contribution < -0.4 is 4.74 Å². The number of ether oxygens (including phenoxy) is 1. The molecule has 112 valence electrons. The third kappa shape index (κ3) is 3.22. The molecule has 3 aromatic rings. The van der Waals surface area contributed by atoms with Gasteiger partial charge in [-0.25, -0.2) is 14.3 Å². The topological polar surface area (TPSA) is 76.7 Å². The van der Waals surface area contributed by atoms with Crippen LogP contribution in [-0.2, 0) is 6.42 Å². The Hall–Kier alpha value is -2.89. The highest BCUT2D eigenvalue weighted by Crippen LogP contribution is 2.10. The number of carboxylic acid groups (broad SMARTS) is 1. The van der Waals surface area contributed by atoms with E-state index in [9.17, 15) is 4.79 Å². The molecule has 0 aliphatic carbocycles. The van der Waals surface area contributed by atoms with Crippen molar-refractivity contribution < 1.29 is 14.6 Å². The Morgan fingerprint density at radius 3 is 2.82 bits per heavy atom. The van der Waals surface area contributed by atoms with E-state index in [1.54, 1.807) is 10.7 Å². The lowest BCUT2D eigenvalue weighted by molar-refractivity contribution is 0.0697. The van der Waals surface area contributed by atoms with Gasteiger partial charge in [0.2, 0.25) is 0 Å². The summed E-state index contributed by atoms with van der Waals surface area (Å²) in [6.45, 7) is 0.583. The van der Waals surface area contributed by atoms with Gasteiger partial charge in [-0.1, -0.05) is 18.2 Å². The summed E-state index contributed by atoms with van der Waals surface area (Å²) in [6.07, 6.45) is 3.07. The van der Waals surface area contributed by atoms with Crippen LogP contribution in [0.25, 0.3) is 5.65 Å². The largest absolute Gasteiger partial charge is 0.494 e. The van der Waals surface area contributed by atoms with Crippen LogP contribution in [0, 0.1) is 0 Å². The number of hydrogen-bond donors (Lipinski definition) is 1. The molecule has 0 aliphatic rings. The molecule has 0 saturated carbocycles. The number of nitrogens with zero attached hydrogens (tertiary/aromatic N) is 3. The van der Waals surface area contributed by atoms with Crippen LogP contribution in [0.4, 0.5) is 0 Å². The molecule has 2 heterocycles. The van der Waals surface area contributed by atoms with Gasteiger partial charge in [-0.05, 0) is 30.7 Å². The van der Waals surface area contributed by atoms with E-state index in [2.05, 4.69) is 10.1 Å². The van der Waals surface area contributed by atoms with Crippen molar-refractivity contribution in [1.82, 2.24) is 14.6 Å². The maximum absolute atomic E-state index is 10.9. The molecule has 0 fully saturated rings. The van der Waals surface area contributed by atoms with Crippen LogP contribution in [0.3, 0.4) is 0 Å². The van der Waals surface area contributed by atoms with E-state index in [4.69, 9.17) is 9.84 Å². The molecular weight excluding hydrogens is 282 g/mol. The maximum atomic E-state index is 10.9. The Kier molecular flexibility index (Phi) is 4.00. The van der Waals surface area contributed by atoms with E-state index in [0.29, 0.717) is 24.5 Å². The summed E-state index contributed by atoms with van der Waals surface area (Å²) in [5, 5.41) is 13.3. The first-order valence-electron chi connectivity index (χ1n) is 6.99. The summed E-state index contributed by atoms with van der Waals surface area (Å²) < 4.78 is 7.20. The minimum absolute atomic E-state index is 0.207. The van der Waals surface area contributed by atoms with Crippen molar-refractivity contribution in [2.75, 3.05) is 6.61 Å². The normalized spacial score (nSPS) is 10.7. The van der Waals surface area contributed by atoms with Crippen molar-refractivity contribution in [2.24, 2.45) is 0 Å². The van der Waals surface area contributed by atoms with Gasteiger partial charge in [0.1, 0.15) is 5.75 Å². The summed E-state index contributed by atoms with van der Waals surface area (Å²) in [7, 11) is 0. The average molecular weight is 297 g/mol. The highest BCUT2D eigenvalue weighted by Gasteiger charge is 2.08. The fourth-order valence-electron chi connectivity index (χ4n) is 2.10. The first-order valence-corrected chi connectivity index (χ1v) is 6.99. The molecule has 0 spiro atoms. The van der Waals surface area contributed by atoms with Gasteiger partial charge >= 0.3 is 5.97 Å². The average Bonchev–Trinajstić information content (AvgIpc) is 2.94. The molecule has 6 nitrogen and oxygen atoms in total. The molecule has 6 heteroatoms. The number of carboxylic acids is 1. The Morgan fingerprint density at radius 2 is 2.05 bits per heavy atom. The van der Waals surface area contributed by atoms with Crippen molar-refractivity contribution in [2.45, 2.75) is 12.8 Å². The van der Waals surface area contributed by atoms with E-state index in [1.807, 2.05) is 30.3 Å². The quantitative estimate of drug-likeness (QED) is 0.707. The van der Waals surface area contributed by atoms with Crippen molar-refractivity contribution >= 4 is 11.6 Å². The molecule has 0 amide bonds. The minimum atomic E-state index is -0.969. The highest BCUT2D eigenvalue weighted by atomic mass is 16.5. The van der Waals surface area contributed by atoms with Gasteiger partial charge in [-0.3, -0.25) is 0 Å². The van der Waals surface area contributed by atoms with E-state index >= 15 is 0 Å². The zero-order valence-electron chi connectivity index (χ0n) is 11.8. The van der Waals surface area contributed by atoms with Crippen LogP contribution in [0.2, 0.25) is 0 Å². The lowest BCUT2D eigenvalue weighted by atomic mass is 10.3. The molecule has 3 rings (SSSR count). The zero-order chi connectivity index (χ0) is 15.4. The van der Waals surface area contributed by atoms with Gasteiger partial charge in [-0.2, -0.15) is 5.10 Å². The molecule has 2 aromatic heterocycles. The van der Waals surface area contributed by atoms with Gasteiger partial charge in [0.05, 0.1) is 12.2 Å². The lowest BCUT2D eigenvalue weighted by Gasteiger charge is -2.03. The second kappa shape index (κ2) is 6.26. The molecule has 0 saturated heterocycles. The molecule has 0 aliphatic heterocycles. The number of hydrogen-bond acceptors (Lipinski definition) is 4. The molecule has 0 radical (unpaired) electrons. The Bertz CT molecular complexity index is 784. The smallest absolute Gasteiger partial charge is 0.335 e. The number of para-hydroxylation sites is 1. The number of pyridine rings is 1. The maximum Gasteiger partial charge on any atom is 0.335 e. The molecule has 0 bridgehead atoms. The van der Waals surface area contributed by atoms with E-state index in [-0.39, 0.29) is 5.56 Å². The predicted molar refractivity (Wildman–Crippen MR) is 80.2 cm³/mol. The predicted octanol–water partition coefficient (Wildman–Crippen LogP) is 2.44. The Labute approximate surface area is 127 Å². The molecule has 1 aromatic carbocycles. The van der Waals surface area contributed by atoms with Crippen molar-refractivity contribution in [3.8, 4) is 5.75 Å². The Balaban J connectivity index is 1.58. The zero-order valence-corrected chi connectivity index (χ0v) is 11.8. The van der Waals surface area contributed by atoms with Gasteiger partial charge in [0.25, 0.3) is 0 Å². The fourth-order valence-corrected chi connectivity index (χ4v) is 2.10. The van der Waals surface area contributed by atoms with Crippen molar-refractivity contribution in [1.29, 1.82) is 0 Å². The third-order valence-electron chi connectivity index (χ3n) is 3.19. The second-order valence-corrected chi connectivity index (χ2v) is 4.82. The first kappa shape index (κ1) is 14.1. The van der Waals surface area contributed by atoms with Gasteiger partial charge < -0.3 is 9.84 Å². The summed E-state index contributed by atoms with van der Waals surface area (Å²) in [5.41, 5.74) is 0.748. The molecule has 22 heavy (non-hydrogen) atoms. The number of aryl methyl sites for hydroxylation is 1. The third-order valence-corrected chi connectivity index (χ3v) is 3.19. The molecular formula is C16H15N3O3. The highest BCUT2D eigenvalue weighted by molar-refractivity contribution is 5.88. The minimum Gasteiger partial charge on any atom is -0.494 e. The van der Waals surface area contributed by atoms with E-state index in [0.717, 1.165) is 12.2 Å². The number of benzene rings is 1. The number of fused-ring (bicyclic) bond motifs is 1. The number of aromatic carboxylic acids is 1. The number of aromatic nitrogens is 3. The molecule has 0 atom stereocenters. The number of carbonyl (C=O) groups is 1. The van der Waals surface area contributed by atoms with Gasteiger partial charge in [0.15, 0.2) is 11.5 Å². The summed E-state index contributed by atoms with van der Waals surface area (Å²) in [6, 6.07) is 12.6. The monoisotopic (exact) mass is 297 g/mol. The second-order valence-electron chi connectivity index (χ2n) is 4.82. The van der Waals surface area contributed by atoms with Crippen LogP contribution >= 0.6 is 0 Å². The summed E-state index contributed by atoms with van der Waals surface area (Å²) >= 11 is 0. The standard InChI is InChI=1S/C16H15N3O3/c20-16(21)12-8-9-19-15(11-12)17-14(18-19)7-4-10-22-13-5-2-1-3-6-13/h1-3,5-6,8-9,11H,4,7,10H2,(H,20,21). The summed E-state index contributed by atoms with van der Waals surface area (Å²) in [5.74, 6) is 0.555. The summed E-state index contributed by atoms with van der Waals surface area (Å²) in [4.78, 5) is 15.3. The number of rotatable bonds is 6.